The molecule has 5 heteroatoms. The first-order chi connectivity index (χ1) is 11.4. The summed E-state index contributed by atoms with van der Waals surface area (Å²) in [7, 11) is 7.99. The Bertz CT molecular complexity index is 606. The van der Waals surface area contributed by atoms with Crippen molar-refractivity contribution in [2.45, 2.75) is 20.8 Å². The predicted octanol–water partition coefficient (Wildman–Crippen LogP) is 5.33. The zero-order chi connectivity index (χ0) is 17.9. The Kier molecular flexibility index (Phi) is 16.6. The Balaban J connectivity index is 0. The highest BCUT2D eigenvalue weighted by atomic mass is 35.5. The van der Waals surface area contributed by atoms with Gasteiger partial charge in [0.2, 0.25) is 0 Å². The van der Waals surface area contributed by atoms with Gasteiger partial charge in [0.05, 0.1) is 0 Å². The lowest BCUT2D eigenvalue weighted by Gasteiger charge is -1.90. The fourth-order valence-electron chi connectivity index (χ4n) is 2.01. The summed E-state index contributed by atoms with van der Waals surface area (Å²) in [6.45, 7) is 6.27. The van der Waals surface area contributed by atoms with Crippen LogP contribution in [0.15, 0.2) is 72.8 Å². The molecule has 3 aromatic carbocycles. The third kappa shape index (κ3) is 13.7. The number of benzene rings is 3. The second-order valence-corrected chi connectivity index (χ2v) is 7.74. The summed E-state index contributed by atoms with van der Waals surface area (Å²) in [6, 6.07) is 25.0. The van der Waals surface area contributed by atoms with Gasteiger partial charge in [-0.3, -0.25) is 0 Å². The average Bonchev–Trinajstić information content (AvgIpc) is 2.47. The molecule has 0 saturated carbocycles. The van der Waals surface area contributed by atoms with Crippen LogP contribution in [0.1, 0.15) is 16.7 Å². The third-order valence-corrected chi connectivity index (χ3v) is 4.20. The first-order valence-electron chi connectivity index (χ1n) is 7.83. The fraction of sp³-hybridized carbons (Fsp3) is 0.143. The summed E-state index contributed by atoms with van der Waals surface area (Å²) >= 11 is 0. The molecule has 0 amide bonds. The summed E-state index contributed by atoms with van der Waals surface area (Å²) in [5.41, 5.74) is 3.95. The van der Waals surface area contributed by atoms with Crippen LogP contribution in [0.25, 0.3) is 0 Å². The monoisotopic (exact) mass is 444 g/mol. The molecule has 0 aliphatic rings. The van der Waals surface area contributed by atoms with E-state index in [9.17, 15) is 0 Å². The number of hydrogen-bond acceptors (Lipinski definition) is 0. The Morgan fingerprint density at radius 3 is 0.808 bits per heavy atom. The molecular formula is C21H29Cl2P3. The molecule has 0 saturated heterocycles. The van der Waals surface area contributed by atoms with Crippen molar-refractivity contribution < 1.29 is 0 Å². The van der Waals surface area contributed by atoms with Crippen molar-refractivity contribution in [3.05, 3.63) is 89.5 Å². The maximum Gasteiger partial charge on any atom is -0.0300 e. The van der Waals surface area contributed by atoms with Gasteiger partial charge in [0.15, 0.2) is 0 Å². The molecule has 0 aliphatic carbocycles. The molecule has 0 heterocycles. The lowest BCUT2D eigenvalue weighted by Crippen LogP contribution is -1.87. The van der Waals surface area contributed by atoms with E-state index >= 15 is 0 Å². The molecule has 26 heavy (non-hydrogen) atoms. The molecule has 142 valence electrons. The van der Waals surface area contributed by atoms with Crippen molar-refractivity contribution in [1.82, 2.24) is 0 Å². The summed E-state index contributed by atoms with van der Waals surface area (Å²) in [5, 5.41) is 3.76. The van der Waals surface area contributed by atoms with Crippen LogP contribution in [-0.4, -0.2) is 0 Å². The van der Waals surface area contributed by atoms with Gasteiger partial charge in [0.1, 0.15) is 0 Å². The van der Waals surface area contributed by atoms with Gasteiger partial charge in [-0.2, -0.15) is 0 Å². The summed E-state index contributed by atoms with van der Waals surface area (Å²) < 4.78 is 0. The molecule has 0 bridgehead atoms. The van der Waals surface area contributed by atoms with Crippen LogP contribution >= 0.6 is 52.5 Å². The maximum atomic E-state index is 2.66. The van der Waals surface area contributed by atoms with E-state index in [-0.39, 0.29) is 24.8 Å². The van der Waals surface area contributed by atoms with Crippen molar-refractivity contribution in [3.8, 4) is 0 Å². The summed E-state index contributed by atoms with van der Waals surface area (Å²) in [4.78, 5) is 0. The van der Waals surface area contributed by atoms with Gasteiger partial charge < -0.3 is 0 Å². The molecule has 3 atom stereocenters. The zero-order valence-corrected chi connectivity index (χ0v) is 20.6. The van der Waals surface area contributed by atoms with Gasteiger partial charge >= 0.3 is 0 Å². The van der Waals surface area contributed by atoms with Crippen LogP contribution in [0.5, 0.6) is 0 Å². The van der Waals surface area contributed by atoms with Gasteiger partial charge in [-0.05, 0) is 36.7 Å². The van der Waals surface area contributed by atoms with Gasteiger partial charge in [0.25, 0.3) is 0 Å². The minimum atomic E-state index is 0. The first-order valence-corrected chi connectivity index (χ1v) is 9.56. The molecule has 0 fully saturated rings. The molecule has 0 aliphatic heterocycles. The van der Waals surface area contributed by atoms with E-state index in [1.807, 2.05) is 0 Å². The fourth-order valence-corrected chi connectivity index (χ4v) is 3.13. The summed E-state index contributed by atoms with van der Waals surface area (Å²) in [6.07, 6.45) is 0. The van der Waals surface area contributed by atoms with E-state index < -0.39 is 0 Å². The van der Waals surface area contributed by atoms with Crippen LogP contribution in [0.3, 0.4) is 0 Å². The van der Waals surface area contributed by atoms with E-state index in [0.29, 0.717) is 0 Å². The Labute approximate surface area is 178 Å². The van der Waals surface area contributed by atoms with Gasteiger partial charge in [0, 0.05) is 0 Å². The van der Waals surface area contributed by atoms with E-state index in [4.69, 9.17) is 0 Å². The van der Waals surface area contributed by atoms with Crippen LogP contribution in [-0.2, 0) is 0 Å². The van der Waals surface area contributed by atoms with E-state index in [0.717, 1.165) is 0 Å². The topological polar surface area (TPSA) is 0 Å². The van der Waals surface area contributed by atoms with Crippen molar-refractivity contribution in [2.24, 2.45) is 0 Å². The lowest BCUT2D eigenvalue weighted by atomic mass is 10.2. The van der Waals surface area contributed by atoms with Crippen LogP contribution in [0.4, 0.5) is 0 Å². The smallest absolute Gasteiger partial charge is 0.0300 e. The number of hydrogen-bond donors (Lipinski definition) is 0. The summed E-state index contributed by atoms with van der Waals surface area (Å²) in [5.74, 6) is 0. The molecule has 3 unspecified atom stereocenters. The number of aryl methyl sites for hydroxylation is 3. The average molecular weight is 445 g/mol. The minimum Gasteiger partial charge on any atom is -0.147 e. The third-order valence-electron chi connectivity index (χ3n) is 3.13. The van der Waals surface area contributed by atoms with Gasteiger partial charge in [-0.15, -0.1) is 52.5 Å². The zero-order valence-electron chi connectivity index (χ0n) is 15.5. The Hall–Kier alpha value is -0.470. The Morgan fingerprint density at radius 1 is 0.462 bits per heavy atom. The quantitative estimate of drug-likeness (QED) is 0.411. The Morgan fingerprint density at radius 2 is 0.692 bits per heavy atom. The molecule has 0 aromatic heterocycles. The van der Waals surface area contributed by atoms with Crippen LogP contribution < -0.4 is 15.9 Å². The van der Waals surface area contributed by atoms with Gasteiger partial charge in [-0.25, -0.2) is 0 Å². The highest BCUT2D eigenvalue weighted by molar-refractivity contribution is 7.27. The highest BCUT2D eigenvalue weighted by Crippen LogP contribution is 1.96. The van der Waals surface area contributed by atoms with E-state index in [2.05, 4.69) is 121 Å². The predicted molar refractivity (Wildman–Crippen MR) is 136 cm³/mol. The lowest BCUT2D eigenvalue weighted by molar-refractivity contribution is 1.50. The van der Waals surface area contributed by atoms with E-state index in [1.165, 1.54) is 32.6 Å². The molecule has 0 nitrogen and oxygen atoms in total. The highest BCUT2D eigenvalue weighted by Gasteiger charge is 1.82. The molecule has 0 spiro atoms. The molecule has 0 radical (unpaired) electrons. The molecule has 3 rings (SSSR count). The second kappa shape index (κ2) is 15.6. The molecule has 0 N–H and O–H groups in total. The SMILES string of the molecule is Cc1cccc(P)c1.Cc1cccc(P)c1.Cc1cccc(P)c1.Cl.Cl. The van der Waals surface area contributed by atoms with Crippen molar-refractivity contribution >= 4 is 68.4 Å². The second-order valence-electron chi connectivity index (χ2n) is 5.74. The van der Waals surface area contributed by atoms with E-state index in [1.54, 1.807) is 0 Å². The van der Waals surface area contributed by atoms with Crippen molar-refractivity contribution in [2.75, 3.05) is 0 Å². The van der Waals surface area contributed by atoms with Crippen molar-refractivity contribution in [3.63, 3.8) is 0 Å². The van der Waals surface area contributed by atoms with Crippen LogP contribution in [0.2, 0.25) is 0 Å². The number of rotatable bonds is 0. The minimum absolute atomic E-state index is 0. The first kappa shape index (κ1) is 27.7. The largest absolute Gasteiger partial charge is 0.147 e. The normalized spacial score (nSPS) is 8.54. The molecular weight excluding hydrogens is 416 g/mol. The van der Waals surface area contributed by atoms with Crippen LogP contribution in [0, 0.1) is 20.8 Å². The standard InChI is InChI=1S/3C7H9P.2ClH/c3*1-6-3-2-4-7(8)5-6;;/h3*2-5H,8H2,1H3;2*1H. The molecule has 3 aromatic rings. The maximum absolute atomic E-state index is 2.66. The number of halogens is 2. The van der Waals surface area contributed by atoms with Crippen molar-refractivity contribution in [1.29, 1.82) is 0 Å². The van der Waals surface area contributed by atoms with Gasteiger partial charge in [-0.1, -0.05) is 89.5 Å².